The number of piperidine rings is 1. The van der Waals surface area contributed by atoms with Gasteiger partial charge in [0.1, 0.15) is 6.04 Å². The monoisotopic (exact) mass is 611 g/mol. The average molecular weight is 612 g/mol. The van der Waals surface area contributed by atoms with E-state index in [0.717, 1.165) is 31.5 Å². The Bertz CT molecular complexity index is 1240. The van der Waals surface area contributed by atoms with Crippen LogP contribution in [0.25, 0.3) is 10.1 Å². The number of likely N-dealkylation sites (N-methyl/N-ethyl adjacent to an activating group) is 1. The van der Waals surface area contributed by atoms with Crippen LogP contribution in [0.5, 0.6) is 0 Å². The highest BCUT2D eigenvalue weighted by Crippen LogP contribution is 2.39. The molecule has 3 heterocycles. The van der Waals surface area contributed by atoms with E-state index in [1.54, 1.807) is 11.8 Å². The van der Waals surface area contributed by atoms with E-state index >= 15 is 0 Å². The number of fused-ring (bicyclic) bond motifs is 1. The number of hydrogen-bond donors (Lipinski definition) is 4. The molecule has 4 atom stereocenters. The van der Waals surface area contributed by atoms with Gasteiger partial charge >= 0.3 is 0 Å². The van der Waals surface area contributed by atoms with E-state index in [-0.39, 0.29) is 28.9 Å². The van der Waals surface area contributed by atoms with Crippen molar-refractivity contribution in [3.05, 3.63) is 84.2 Å². The Hall–Kier alpha value is -3.18. The number of carbonyl (C=O) groups is 3. The van der Waals surface area contributed by atoms with Crippen molar-refractivity contribution in [2.24, 2.45) is 17.6 Å². The number of aryl methyl sites for hydroxylation is 1. The fourth-order valence-electron chi connectivity index (χ4n) is 4.85. The molecule has 0 spiro atoms. The fraction of sp³-hybridized carbons (Fsp3) is 0.406. The Balaban J connectivity index is 0.000000423. The van der Waals surface area contributed by atoms with Gasteiger partial charge in [-0.15, -0.1) is 42.8 Å². The normalized spacial score (nSPS) is 19.8. The maximum absolute atomic E-state index is 13.2. The Morgan fingerprint density at radius 2 is 1.93 bits per heavy atom. The van der Waals surface area contributed by atoms with Gasteiger partial charge in [0.25, 0.3) is 0 Å². The van der Waals surface area contributed by atoms with Crippen molar-refractivity contribution in [2.75, 3.05) is 20.1 Å². The average Bonchev–Trinajstić information content (AvgIpc) is 3.60. The third kappa shape index (κ3) is 9.69. The number of nitrogens with one attached hydrogen (secondary N) is 3. The molecule has 1 saturated heterocycles. The summed E-state index contributed by atoms with van der Waals surface area (Å²) in [6.07, 6.45) is 7.33. The van der Waals surface area contributed by atoms with Crippen molar-refractivity contribution in [2.45, 2.75) is 50.7 Å². The van der Waals surface area contributed by atoms with Crippen molar-refractivity contribution in [1.82, 2.24) is 20.9 Å². The van der Waals surface area contributed by atoms with Gasteiger partial charge in [-0.1, -0.05) is 42.0 Å². The minimum Gasteiger partial charge on any atom is -0.344 e. The second-order valence-corrected chi connectivity index (χ2v) is 11.9. The van der Waals surface area contributed by atoms with Gasteiger partial charge in [0.2, 0.25) is 18.2 Å². The minimum absolute atomic E-state index is 0.0874. The number of hydrogen-bond acceptors (Lipinski definition) is 7. The van der Waals surface area contributed by atoms with Crippen molar-refractivity contribution in [3.8, 4) is 0 Å². The zero-order chi connectivity index (χ0) is 31.1. The summed E-state index contributed by atoms with van der Waals surface area (Å²) in [5.74, 6) is -0.496. The lowest BCUT2D eigenvalue weighted by molar-refractivity contribution is -0.139. The van der Waals surface area contributed by atoms with E-state index in [1.165, 1.54) is 27.6 Å². The van der Waals surface area contributed by atoms with Crippen LogP contribution in [-0.2, 0) is 14.4 Å². The molecular formula is C32H45N5O3S2. The molecule has 5 N–H and O–H groups in total. The molecule has 2 aliphatic rings. The first-order valence-electron chi connectivity index (χ1n) is 14.1. The maximum atomic E-state index is 13.2. The van der Waals surface area contributed by atoms with Crippen molar-refractivity contribution < 1.29 is 14.4 Å². The molecule has 1 aromatic carbocycles. The molecule has 8 nitrogen and oxygen atoms in total. The molecule has 0 radical (unpaired) electrons. The highest BCUT2D eigenvalue weighted by Gasteiger charge is 2.34. The highest BCUT2D eigenvalue weighted by atomic mass is 32.2. The second-order valence-electron chi connectivity index (χ2n) is 9.96. The molecule has 4 rings (SSSR count). The number of carbonyl (C=O) groups excluding carboxylic acids is 3. The minimum atomic E-state index is -0.966. The first-order chi connectivity index (χ1) is 20.3. The lowest BCUT2D eigenvalue weighted by atomic mass is 9.90. The van der Waals surface area contributed by atoms with E-state index in [2.05, 4.69) is 83.7 Å². The Kier molecular flexibility index (Phi) is 15.3. The first kappa shape index (κ1) is 35.0. The van der Waals surface area contributed by atoms with Crippen LogP contribution in [0, 0.1) is 18.8 Å². The summed E-state index contributed by atoms with van der Waals surface area (Å²) >= 11 is 3.50. The third-order valence-electron chi connectivity index (χ3n) is 7.24. The van der Waals surface area contributed by atoms with Crippen LogP contribution in [-0.4, -0.2) is 60.8 Å². The molecule has 0 bridgehead atoms. The van der Waals surface area contributed by atoms with Crippen LogP contribution in [0.1, 0.15) is 31.7 Å². The predicted molar refractivity (Wildman–Crippen MR) is 178 cm³/mol. The smallest absolute Gasteiger partial charge is 0.247 e. The fourth-order valence-corrected chi connectivity index (χ4v) is 7.08. The maximum Gasteiger partial charge on any atom is 0.247 e. The van der Waals surface area contributed by atoms with Gasteiger partial charge in [0.15, 0.2) is 6.29 Å². The predicted octanol–water partition coefficient (Wildman–Crippen LogP) is 4.70. The number of benzene rings is 1. The molecule has 2 unspecified atom stereocenters. The molecule has 42 heavy (non-hydrogen) atoms. The molecule has 228 valence electrons. The highest BCUT2D eigenvalue weighted by molar-refractivity contribution is 8.03. The Labute approximate surface area is 258 Å². The summed E-state index contributed by atoms with van der Waals surface area (Å²) in [6.45, 7) is 15.7. The Morgan fingerprint density at radius 1 is 1.24 bits per heavy atom. The van der Waals surface area contributed by atoms with E-state index in [0.29, 0.717) is 12.8 Å². The van der Waals surface area contributed by atoms with Gasteiger partial charge in [0.05, 0.1) is 0 Å². The third-order valence-corrected chi connectivity index (χ3v) is 9.52. The second kappa shape index (κ2) is 18.4. The number of allylic oxidation sites excluding steroid dienone is 2. The number of thioether (sulfide) groups is 1. The molecule has 3 amide bonds. The molecule has 0 saturated carbocycles. The Morgan fingerprint density at radius 3 is 2.55 bits per heavy atom. The molecule has 10 heteroatoms. The lowest BCUT2D eigenvalue weighted by Gasteiger charge is -2.31. The first-order valence-corrected chi connectivity index (χ1v) is 15.9. The number of nitrogens with two attached hydrogens (primary N) is 1. The summed E-state index contributed by atoms with van der Waals surface area (Å²) in [5.41, 5.74) is 8.30. The topological polar surface area (TPSA) is 117 Å². The van der Waals surface area contributed by atoms with Crippen LogP contribution in [0.4, 0.5) is 0 Å². The van der Waals surface area contributed by atoms with E-state index in [9.17, 15) is 14.4 Å². The van der Waals surface area contributed by atoms with Crippen LogP contribution >= 0.6 is 23.1 Å². The SMILES string of the molecule is C=C.C=CC1C(C[C@@H](NC(=O)C2CCNCC2)C(=O)N(C)[C@@H](N)NC=O)=CSC1/C=C\C.Cc1csc2ccccc12. The standard InChI is InChI=1S/C21H33N5O3S.C9H8S.C2H4/c1-4-6-18-16(5-2)15(12-30-18)11-17(20(29)26(3)21(22)24-13-27)25-19(28)14-7-9-23-10-8-14;1-7-6-10-9-5-3-2-4-8(7)9;1-2/h4-6,12-14,16-18,21,23H,2,7-11,22H2,1,3H3,(H,24,27)(H,25,28);2-6H,1H3;1-2H2/b6-4-;;/t16?,17-,18?,21+;;/m1../s1. The summed E-state index contributed by atoms with van der Waals surface area (Å²) < 4.78 is 1.39. The summed E-state index contributed by atoms with van der Waals surface area (Å²) in [4.78, 5) is 38.0. The molecule has 1 fully saturated rings. The van der Waals surface area contributed by atoms with E-state index in [1.807, 2.05) is 30.4 Å². The van der Waals surface area contributed by atoms with Gasteiger partial charge < -0.3 is 20.9 Å². The number of thiophene rings is 1. The quantitative estimate of drug-likeness (QED) is 0.176. The van der Waals surface area contributed by atoms with Crippen LogP contribution < -0.4 is 21.7 Å². The number of rotatable bonds is 10. The zero-order valence-corrected chi connectivity index (χ0v) is 26.5. The summed E-state index contributed by atoms with van der Waals surface area (Å²) in [7, 11) is 1.51. The molecule has 2 aliphatic heterocycles. The van der Waals surface area contributed by atoms with E-state index < -0.39 is 12.3 Å². The van der Waals surface area contributed by atoms with E-state index in [4.69, 9.17) is 5.73 Å². The van der Waals surface area contributed by atoms with Gasteiger partial charge in [0, 0.05) is 28.8 Å². The van der Waals surface area contributed by atoms with Crippen molar-refractivity contribution >= 4 is 51.4 Å². The lowest BCUT2D eigenvalue weighted by Crippen LogP contribution is -2.58. The van der Waals surface area contributed by atoms with Crippen molar-refractivity contribution in [1.29, 1.82) is 0 Å². The largest absolute Gasteiger partial charge is 0.344 e. The number of nitrogens with zero attached hydrogens (tertiary/aromatic N) is 1. The van der Waals surface area contributed by atoms with Gasteiger partial charge in [-0.25, -0.2) is 0 Å². The van der Waals surface area contributed by atoms with Crippen molar-refractivity contribution in [3.63, 3.8) is 0 Å². The van der Waals surface area contributed by atoms with Crippen LogP contribution in [0.3, 0.4) is 0 Å². The summed E-state index contributed by atoms with van der Waals surface area (Å²) in [6, 6.07) is 7.73. The zero-order valence-electron chi connectivity index (χ0n) is 24.9. The van der Waals surface area contributed by atoms with Crippen LogP contribution in [0.2, 0.25) is 0 Å². The number of amides is 3. The molecule has 2 aromatic rings. The molecule has 1 aromatic heterocycles. The molecular weight excluding hydrogens is 567 g/mol. The van der Waals surface area contributed by atoms with Gasteiger partial charge in [-0.05, 0) is 74.0 Å². The van der Waals surface area contributed by atoms with Gasteiger partial charge in [-0.3, -0.25) is 20.1 Å². The molecule has 0 aliphatic carbocycles. The summed E-state index contributed by atoms with van der Waals surface area (Å²) in [5, 5.41) is 14.4. The van der Waals surface area contributed by atoms with Gasteiger partial charge in [-0.2, -0.15) is 0 Å². The van der Waals surface area contributed by atoms with Crippen LogP contribution in [0.15, 0.2) is 78.6 Å².